The molecule has 1 aliphatic rings. The number of rotatable bonds is 10. The Labute approximate surface area is 193 Å². The number of amides is 1. The zero-order chi connectivity index (χ0) is 22.2. The smallest absolute Gasteiger partial charge is 0.229 e. The standard InChI is InChI=1S/C25H31N3O3S/c1-2-31-21-10-6-11-22-24(21)26-25(32-22)28(15-7-14-27-16-18-30-19-17-27)23(29)13-12-20-8-4-3-5-9-20/h3-6,8-11H,2,7,12-19H2,1H3. The number of para-hydroxylation sites is 1. The highest BCUT2D eigenvalue weighted by Crippen LogP contribution is 2.34. The normalized spacial score (nSPS) is 14.5. The van der Waals surface area contributed by atoms with E-state index in [-0.39, 0.29) is 5.91 Å². The van der Waals surface area contributed by atoms with Crippen LogP contribution in [0.2, 0.25) is 0 Å². The van der Waals surface area contributed by atoms with Crippen LogP contribution in [0, 0.1) is 0 Å². The summed E-state index contributed by atoms with van der Waals surface area (Å²) in [7, 11) is 0. The lowest BCUT2D eigenvalue weighted by Gasteiger charge is -2.27. The Hall–Kier alpha value is -2.48. The zero-order valence-corrected chi connectivity index (χ0v) is 19.5. The summed E-state index contributed by atoms with van der Waals surface area (Å²) in [6, 6.07) is 16.1. The van der Waals surface area contributed by atoms with Crippen LogP contribution in [-0.2, 0) is 16.0 Å². The maximum absolute atomic E-state index is 13.3. The number of hydrogen-bond acceptors (Lipinski definition) is 6. The van der Waals surface area contributed by atoms with Gasteiger partial charge in [-0.2, -0.15) is 0 Å². The van der Waals surface area contributed by atoms with Gasteiger partial charge in [0.2, 0.25) is 5.91 Å². The SMILES string of the molecule is CCOc1cccc2sc(N(CCCN3CCOCC3)C(=O)CCc3ccccc3)nc12. The second-order valence-corrected chi connectivity index (χ2v) is 8.88. The Balaban J connectivity index is 1.50. The largest absolute Gasteiger partial charge is 0.492 e. The first-order valence-electron chi connectivity index (χ1n) is 11.4. The molecule has 0 spiro atoms. The van der Waals surface area contributed by atoms with Crippen molar-refractivity contribution >= 4 is 32.6 Å². The first-order valence-corrected chi connectivity index (χ1v) is 12.2. The molecule has 0 atom stereocenters. The molecule has 2 aromatic carbocycles. The van der Waals surface area contributed by atoms with Crippen molar-refractivity contribution in [2.24, 2.45) is 0 Å². The third kappa shape index (κ3) is 5.85. The molecule has 1 aromatic heterocycles. The zero-order valence-electron chi connectivity index (χ0n) is 18.7. The van der Waals surface area contributed by atoms with Crippen LogP contribution in [0.15, 0.2) is 48.5 Å². The van der Waals surface area contributed by atoms with E-state index in [1.54, 1.807) is 11.3 Å². The second-order valence-electron chi connectivity index (χ2n) is 7.87. The fraction of sp³-hybridized carbons (Fsp3) is 0.440. The molecule has 1 amide bonds. The molecule has 7 heteroatoms. The van der Waals surface area contributed by atoms with Crippen molar-refractivity contribution in [1.82, 2.24) is 9.88 Å². The Kier molecular flexibility index (Phi) is 8.09. The number of hydrogen-bond donors (Lipinski definition) is 0. The number of carbonyl (C=O) groups excluding carboxylic acids is 1. The Bertz CT molecular complexity index is 1000. The van der Waals surface area contributed by atoms with Crippen LogP contribution in [0.25, 0.3) is 10.2 Å². The highest BCUT2D eigenvalue weighted by atomic mass is 32.1. The third-order valence-electron chi connectivity index (χ3n) is 5.63. The summed E-state index contributed by atoms with van der Waals surface area (Å²) in [5.41, 5.74) is 2.01. The van der Waals surface area contributed by atoms with Crippen molar-refractivity contribution in [2.75, 3.05) is 50.9 Å². The monoisotopic (exact) mass is 453 g/mol. The van der Waals surface area contributed by atoms with Gasteiger partial charge in [0, 0.05) is 32.6 Å². The molecular formula is C25H31N3O3S. The number of fused-ring (bicyclic) bond motifs is 1. The van der Waals surface area contributed by atoms with Gasteiger partial charge in [0.25, 0.3) is 0 Å². The minimum Gasteiger partial charge on any atom is -0.492 e. The highest BCUT2D eigenvalue weighted by Gasteiger charge is 2.21. The summed E-state index contributed by atoms with van der Waals surface area (Å²) in [6.45, 7) is 7.68. The van der Waals surface area contributed by atoms with Crippen LogP contribution < -0.4 is 9.64 Å². The Morgan fingerprint density at radius 3 is 2.75 bits per heavy atom. The number of aromatic nitrogens is 1. The summed E-state index contributed by atoms with van der Waals surface area (Å²) >= 11 is 1.56. The van der Waals surface area contributed by atoms with Crippen LogP contribution in [0.1, 0.15) is 25.3 Å². The number of aryl methyl sites for hydroxylation is 1. The van der Waals surface area contributed by atoms with E-state index in [9.17, 15) is 4.79 Å². The lowest BCUT2D eigenvalue weighted by molar-refractivity contribution is -0.118. The molecule has 0 saturated carbocycles. The van der Waals surface area contributed by atoms with Gasteiger partial charge < -0.3 is 9.47 Å². The lowest BCUT2D eigenvalue weighted by atomic mass is 10.1. The van der Waals surface area contributed by atoms with E-state index in [4.69, 9.17) is 14.5 Å². The molecule has 0 N–H and O–H groups in total. The number of benzene rings is 2. The quantitative estimate of drug-likeness (QED) is 0.456. The van der Waals surface area contributed by atoms with E-state index in [1.807, 2.05) is 48.2 Å². The van der Waals surface area contributed by atoms with Crippen LogP contribution >= 0.6 is 11.3 Å². The minimum absolute atomic E-state index is 0.118. The van der Waals surface area contributed by atoms with E-state index in [2.05, 4.69) is 17.0 Å². The number of carbonyl (C=O) groups is 1. The van der Waals surface area contributed by atoms with E-state index in [1.165, 1.54) is 5.56 Å². The van der Waals surface area contributed by atoms with Gasteiger partial charge in [0.05, 0.1) is 24.5 Å². The van der Waals surface area contributed by atoms with E-state index >= 15 is 0 Å². The van der Waals surface area contributed by atoms with Crippen LogP contribution in [-0.4, -0.2) is 61.8 Å². The average Bonchev–Trinajstić information content (AvgIpc) is 3.27. The van der Waals surface area contributed by atoms with Gasteiger partial charge in [-0.15, -0.1) is 0 Å². The summed E-state index contributed by atoms with van der Waals surface area (Å²) in [4.78, 5) is 22.4. The molecule has 0 unspecified atom stereocenters. The van der Waals surface area contributed by atoms with Crippen molar-refractivity contribution in [2.45, 2.75) is 26.2 Å². The van der Waals surface area contributed by atoms with Gasteiger partial charge >= 0.3 is 0 Å². The van der Waals surface area contributed by atoms with E-state index in [0.717, 1.165) is 66.8 Å². The predicted octanol–water partition coefficient (Wildman–Crippen LogP) is 4.38. The lowest BCUT2D eigenvalue weighted by Crippen LogP contribution is -2.39. The molecule has 170 valence electrons. The molecule has 0 radical (unpaired) electrons. The topological polar surface area (TPSA) is 54.9 Å². The first kappa shape index (κ1) is 22.7. The molecule has 1 aliphatic heterocycles. The summed E-state index contributed by atoms with van der Waals surface area (Å²) in [5, 5.41) is 0.757. The maximum Gasteiger partial charge on any atom is 0.229 e. The van der Waals surface area contributed by atoms with Crippen molar-refractivity contribution in [3.8, 4) is 5.75 Å². The number of ether oxygens (including phenoxy) is 2. The average molecular weight is 454 g/mol. The Morgan fingerprint density at radius 1 is 1.16 bits per heavy atom. The van der Waals surface area contributed by atoms with Crippen LogP contribution in [0.5, 0.6) is 5.75 Å². The van der Waals surface area contributed by atoms with E-state index in [0.29, 0.717) is 19.6 Å². The molecular weight excluding hydrogens is 422 g/mol. The van der Waals surface area contributed by atoms with Crippen molar-refractivity contribution in [3.05, 3.63) is 54.1 Å². The van der Waals surface area contributed by atoms with Crippen LogP contribution in [0.3, 0.4) is 0 Å². The predicted molar refractivity (Wildman–Crippen MR) is 130 cm³/mol. The van der Waals surface area contributed by atoms with Crippen molar-refractivity contribution in [1.29, 1.82) is 0 Å². The number of nitrogens with zero attached hydrogens (tertiary/aromatic N) is 3. The Morgan fingerprint density at radius 2 is 1.97 bits per heavy atom. The second kappa shape index (κ2) is 11.4. The fourth-order valence-electron chi connectivity index (χ4n) is 3.93. The molecule has 0 aliphatic carbocycles. The molecule has 2 heterocycles. The molecule has 6 nitrogen and oxygen atoms in total. The van der Waals surface area contributed by atoms with Gasteiger partial charge in [0.15, 0.2) is 5.13 Å². The van der Waals surface area contributed by atoms with Gasteiger partial charge in [0.1, 0.15) is 11.3 Å². The number of anilines is 1. The van der Waals surface area contributed by atoms with Gasteiger partial charge in [-0.25, -0.2) is 4.98 Å². The molecule has 0 bridgehead atoms. The third-order valence-corrected chi connectivity index (χ3v) is 6.68. The minimum atomic E-state index is 0.118. The summed E-state index contributed by atoms with van der Waals surface area (Å²) < 4.78 is 12.2. The van der Waals surface area contributed by atoms with Gasteiger partial charge in [-0.05, 0) is 37.5 Å². The molecule has 4 rings (SSSR count). The molecule has 3 aromatic rings. The van der Waals surface area contributed by atoms with Crippen molar-refractivity contribution in [3.63, 3.8) is 0 Å². The van der Waals surface area contributed by atoms with E-state index < -0.39 is 0 Å². The van der Waals surface area contributed by atoms with Crippen molar-refractivity contribution < 1.29 is 14.3 Å². The summed E-state index contributed by atoms with van der Waals surface area (Å²) in [6.07, 6.45) is 2.11. The molecule has 1 saturated heterocycles. The van der Waals surface area contributed by atoms with Gasteiger partial charge in [-0.1, -0.05) is 47.7 Å². The van der Waals surface area contributed by atoms with Gasteiger partial charge in [-0.3, -0.25) is 14.6 Å². The summed E-state index contributed by atoms with van der Waals surface area (Å²) in [5.74, 6) is 0.894. The highest BCUT2D eigenvalue weighted by molar-refractivity contribution is 7.22. The number of morpholine rings is 1. The van der Waals surface area contributed by atoms with Crippen LogP contribution in [0.4, 0.5) is 5.13 Å². The first-order chi connectivity index (χ1) is 15.7. The maximum atomic E-state index is 13.3. The fourth-order valence-corrected chi connectivity index (χ4v) is 4.96. The number of thiazole rings is 1. The molecule has 32 heavy (non-hydrogen) atoms. The molecule has 1 fully saturated rings.